The summed E-state index contributed by atoms with van der Waals surface area (Å²) in [5, 5.41) is 5.45. The van der Waals surface area contributed by atoms with E-state index >= 15 is 0 Å². The summed E-state index contributed by atoms with van der Waals surface area (Å²) >= 11 is 8.00. The van der Waals surface area contributed by atoms with Crippen LogP contribution < -0.4 is 5.32 Å². The molecule has 1 atom stereocenters. The van der Waals surface area contributed by atoms with Crippen molar-refractivity contribution < 1.29 is 0 Å². The van der Waals surface area contributed by atoms with E-state index in [9.17, 15) is 0 Å². The molecule has 0 radical (unpaired) electrons. The van der Waals surface area contributed by atoms with Crippen LogP contribution in [0.4, 0.5) is 0 Å². The molecular weight excluding hydrogens is 290 g/mol. The van der Waals surface area contributed by atoms with Gasteiger partial charge in [-0.25, -0.2) is 4.98 Å². The van der Waals surface area contributed by atoms with E-state index in [4.69, 9.17) is 11.6 Å². The first-order chi connectivity index (χ1) is 9.61. The molecule has 0 spiro atoms. The molecule has 0 aliphatic heterocycles. The van der Waals surface area contributed by atoms with Gasteiger partial charge in [0.05, 0.1) is 15.7 Å². The Hall–Kier alpha value is -0.970. The summed E-state index contributed by atoms with van der Waals surface area (Å²) in [5.41, 5.74) is 2.24. The Morgan fingerprint density at radius 1 is 1.40 bits per heavy atom. The number of thiazole rings is 1. The van der Waals surface area contributed by atoms with Gasteiger partial charge in [-0.2, -0.15) is 0 Å². The summed E-state index contributed by atoms with van der Waals surface area (Å²) in [7, 11) is 0. The smallest absolute Gasteiger partial charge is 0.0900 e. The van der Waals surface area contributed by atoms with Crippen molar-refractivity contribution in [1.82, 2.24) is 15.3 Å². The van der Waals surface area contributed by atoms with Crippen LogP contribution in [0.25, 0.3) is 0 Å². The lowest BCUT2D eigenvalue weighted by Crippen LogP contribution is -2.24. The number of nitrogens with zero attached hydrogens (tertiary/aromatic N) is 2. The van der Waals surface area contributed by atoms with Crippen LogP contribution in [0.1, 0.15) is 40.5 Å². The van der Waals surface area contributed by atoms with Crippen LogP contribution in [0.2, 0.25) is 5.02 Å². The van der Waals surface area contributed by atoms with E-state index in [2.05, 4.69) is 36.1 Å². The van der Waals surface area contributed by atoms with Crippen molar-refractivity contribution in [3.63, 3.8) is 0 Å². The van der Waals surface area contributed by atoms with Crippen molar-refractivity contribution in [2.24, 2.45) is 0 Å². The van der Waals surface area contributed by atoms with Crippen LogP contribution in [0.15, 0.2) is 18.5 Å². The summed E-state index contributed by atoms with van der Waals surface area (Å²) in [4.78, 5) is 9.89. The normalized spacial score (nSPS) is 12.6. The minimum absolute atomic E-state index is 0.265. The van der Waals surface area contributed by atoms with Gasteiger partial charge in [0.15, 0.2) is 0 Å². The Morgan fingerprint density at radius 3 is 2.80 bits per heavy atom. The van der Waals surface area contributed by atoms with E-state index in [-0.39, 0.29) is 6.04 Å². The molecule has 0 fully saturated rings. The van der Waals surface area contributed by atoms with Gasteiger partial charge in [-0.1, -0.05) is 18.5 Å². The molecule has 2 rings (SSSR count). The second-order valence-electron chi connectivity index (χ2n) is 4.86. The summed E-state index contributed by atoms with van der Waals surface area (Å²) < 4.78 is 0. The Morgan fingerprint density at radius 2 is 2.20 bits per heavy atom. The van der Waals surface area contributed by atoms with E-state index in [0.29, 0.717) is 0 Å². The maximum absolute atomic E-state index is 6.23. The standard InChI is InChI=1S/C15H20ClN3S/c1-4-6-18-14(15-10(2)19-11(3)20-15)8-12-5-7-17-9-13(12)16/h5,7,9,14,18H,4,6,8H2,1-3H3. The number of pyridine rings is 1. The number of aryl methyl sites for hydroxylation is 2. The second kappa shape index (κ2) is 7.16. The first-order valence-electron chi connectivity index (χ1n) is 6.87. The summed E-state index contributed by atoms with van der Waals surface area (Å²) in [6.45, 7) is 7.29. The van der Waals surface area contributed by atoms with Crippen molar-refractivity contribution in [2.45, 2.75) is 39.7 Å². The molecule has 2 aromatic rings. The highest BCUT2D eigenvalue weighted by atomic mass is 35.5. The molecule has 2 aromatic heterocycles. The molecule has 1 N–H and O–H groups in total. The number of hydrogen-bond donors (Lipinski definition) is 1. The molecule has 0 aromatic carbocycles. The Bertz CT molecular complexity index is 568. The van der Waals surface area contributed by atoms with Gasteiger partial charge in [0.2, 0.25) is 0 Å². The van der Waals surface area contributed by atoms with Crippen molar-refractivity contribution >= 4 is 22.9 Å². The van der Waals surface area contributed by atoms with Gasteiger partial charge in [-0.15, -0.1) is 11.3 Å². The highest BCUT2D eigenvalue weighted by Gasteiger charge is 2.18. The third kappa shape index (κ3) is 3.78. The number of aromatic nitrogens is 2. The fourth-order valence-corrected chi connectivity index (χ4v) is 3.44. The third-order valence-corrected chi connectivity index (χ3v) is 4.70. The highest BCUT2D eigenvalue weighted by Crippen LogP contribution is 2.29. The predicted molar refractivity (Wildman–Crippen MR) is 85.6 cm³/mol. The van der Waals surface area contributed by atoms with Crippen LogP contribution in [0.3, 0.4) is 0 Å². The van der Waals surface area contributed by atoms with Crippen LogP contribution >= 0.6 is 22.9 Å². The molecule has 0 aliphatic rings. The summed E-state index contributed by atoms with van der Waals surface area (Å²) in [6, 6.07) is 2.26. The monoisotopic (exact) mass is 309 g/mol. The highest BCUT2D eigenvalue weighted by molar-refractivity contribution is 7.11. The third-order valence-electron chi connectivity index (χ3n) is 3.18. The van der Waals surface area contributed by atoms with Crippen LogP contribution in [0.5, 0.6) is 0 Å². The zero-order chi connectivity index (χ0) is 14.5. The fraction of sp³-hybridized carbons (Fsp3) is 0.467. The first-order valence-corrected chi connectivity index (χ1v) is 8.07. The average Bonchev–Trinajstić information content (AvgIpc) is 2.75. The van der Waals surface area contributed by atoms with Crippen LogP contribution in [-0.2, 0) is 6.42 Å². The maximum Gasteiger partial charge on any atom is 0.0900 e. The van der Waals surface area contributed by atoms with Crippen molar-refractivity contribution in [2.75, 3.05) is 6.54 Å². The largest absolute Gasteiger partial charge is 0.309 e. The first kappa shape index (κ1) is 15.4. The van der Waals surface area contributed by atoms with Gasteiger partial charge in [0.1, 0.15) is 0 Å². The SMILES string of the molecule is CCCNC(Cc1ccncc1Cl)c1sc(C)nc1C. The van der Waals surface area contributed by atoms with E-state index in [1.165, 1.54) is 4.88 Å². The molecule has 5 heteroatoms. The fourth-order valence-electron chi connectivity index (χ4n) is 2.24. The Labute approximate surface area is 129 Å². The summed E-state index contributed by atoms with van der Waals surface area (Å²) in [5.74, 6) is 0. The zero-order valence-electron chi connectivity index (χ0n) is 12.1. The minimum atomic E-state index is 0.265. The van der Waals surface area contributed by atoms with E-state index in [0.717, 1.165) is 40.7 Å². The molecule has 0 saturated carbocycles. The lowest BCUT2D eigenvalue weighted by Gasteiger charge is -2.18. The van der Waals surface area contributed by atoms with E-state index in [1.54, 1.807) is 23.7 Å². The number of halogens is 1. The lowest BCUT2D eigenvalue weighted by molar-refractivity contribution is 0.533. The second-order valence-corrected chi connectivity index (χ2v) is 6.50. The molecule has 108 valence electrons. The Kier molecular flexibility index (Phi) is 5.52. The van der Waals surface area contributed by atoms with Crippen LogP contribution in [-0.4, -0.2) is 16.5 Å². The van der Waals surface area contributed by atoms with Gasteiger partial charge in [0.25, 0.3) is 0 Å². The minimum Gasteiger partial charge on any atom is -0.309 e. The molecule has 0 saturated heterocycles. The van der Waals surface area contributed by atoms with Gasteiger partial charge >= 0.3 is 0 Å². The molecule has 0 bridgehead atoms. The molecule has 3 nitrogen and oxygen atoms in total. The molecule has 20 heavy (non-hydrogen) atoms. The number of nitrogens with one attached hydrogen (secondary N) is 1. The van der Waals surface area contributed by atoms with Gasteiger partial charge < -0.3 is 5.32 Å². The molecule has 2 heterocycles. The van der Waals surface area contributed by atoms with Gasteiger partial charge in [0, 0.05) is 23.3 Å². The quantitative estimate of drug-likeness (QED) is 0.873. The predicted octanol–water partition coefficient (Wildman–Crippen LogP) is 4.09. The Balaban J connectivity index is 2.24. The van der Waals surface area contributed by atoms with Crippen molar-refractivity contribution in [3.8, 4) is 0 Å². The number of rotatable bonds is 6. The van der Waals surface area contributed by atoms with Crippen molar-refractivity contribution in [1.29, 1.82) is 0 Å². The molecule has 0 aliphatic carbocycles. The van der Waals surface area contributed by atoms with E-state index < -0.39 is 0 Å². The zero-order valence-corrected chi connectivity index (χ0v) is 13.7. The lowest BCUT2D eigenvalue weighted by atomic mass is 10.0. The van der Waals surface area contributed by atoms with Crippen molar-refractivity contribution in [3.05, 3.63) is 44.6 Å². The molecular formula is C15H20ClN3S. The molecule has 1 unspecified atom stereocenters. The topological polar surface area (TPSA) is 37.8 Å². The van der Waals surface area contributed by atoms with Gasteiger partial charge in [-0.3, -0.25) is 4.98 Å². The molecule has 0 amide bonds. The van der Waals surface area contributed by atoms with Gasteiger partial charge in [-0.05, 0) is 44.9 Å². The number of hydrogen-bond acceptors (Lipinski definition) is 4. The van der Waals surface area contributed by atoms with Crippen LogP contribution in [0, 0.1) is 13.8 Å². The summed E-state index contributed by atoms with van der Waals surface area (Å²) in [6.07, 6.45) is 5.47. The maximum atomic E-state index is 6.23. The van der Waals surface area contributed by atoms with E-state index in [1.807, 2.05) is 6.07 Å². The average molecular weight is 310 g/mol.